The number of ketones is 1. The number of fused-ring (bicyclic) bond motifs is 2. The molecule has 0 amide bonds. The van der Waals surface area contributed by atoms with Gasteiger partial charge in [-0.15, -0.1) is 0 Å². The first-order chi connectivity index (χ1) is 12.1. The van der Waals surface area contributed by atoms with Gasteiger partial charge in [0, 0.05) is 0 Å². The van der Waals surface area contributed by atoms with Crippen LogP contribution in [-0.4, -0.2) is 34.0 Å². The van der Waals surface area contributed by atoms with Crippen LogP contribution in [0.25, 0.3) is 10.8 Å². The highest BCUT2D eigenvalue weighted by molar-refractivity contribution is 5.95. The van der Waals surface area contributed by atoms with Crippen molar-refractivity contribution in [3.8, 4) is 11.5 Å². The van der Waals surface area contributed by atoms with Crippen LogP contribution in [-0.2, 0) is 4.79 Å². The fourth-order valence-electron chi connectivity index (χ4n) is 4.16. The summed E-state index contributed by atoms with van der Waals surface area (Å²) in [6, 6.07) is 11.4. The molecule has 2 N–H and O–H groups in total. The summed E-state index contributed by atoms with van der Waals surface area (Å²) in [5.41, 5.74) is 0. The Labute approximate surface area is 143 Å². The highest BCUT2D eigenvalue weighted by Crippen LogP contribution is 2.49. The zero-order chi connectivity index (χ0) is 17.2. The molecule has 4 atom stereocenters. The molecule has 1 spiro atoms. The number of hydrogen-bond donors (Lipinski definition) is 2. The molecule has 1 heterocycles. The summed E-state index contributed by atoms with van der Waals surface area (Å²) in [5.74, 6) is -1.87. The van der Waals surface area contributed by atoms with E-state index in [2.05, 4.69) is 0 Å². The van der Waals surface area contributed by atoms with Crippen LogP contribution in [0.5, 0.6) is 11.5 Å². The van der Waals surface area contributed by atoms with Gasteiger partial charge in [0.25, 0.3) is 5.79 Å². The lowest BCUT2D eigenvalue weighted by Crippen LogP contribution is -2.61. The minimum atomic E-state index is -1.34. The lowest BCUT2D eigenvalue weighted by molar-refractivity contribution is -0.182. The summed E-state index contributed by atoms with van der Waals surface area (Å²) in [6.07, 6.45) is 3.93. The minimum absolute atomic E-state index is 0.240. The van der Waals surface area contributed by atoms with E-state index < -0.39 is 29.8 Å². The summed E-state index contributed by atoms with van der Waals surface area (Å²) in [5, 5.41) is 22.7. The number of ether oxygens (including phenoxy) is 2. The molecule has 2 aliphatic carbocycles. The molecule has 3 aliphatic rings. The Morgan fingerprint density at radius 3 is 2.28 bits per heavy atom. The smallest absolute Gasteiger partial charge is 0.277 e. The molecule has 0 aromatic heterocycles. The monoisotopic (exact) mass is 336 g/mol. The molecule has 25 heavy (non-hydrogen) atoms. The Morgan fingerprint density at radius 2 is 1.60 bits per heavy atom. The highest BCUT2D eigenvalue weighted by atomic mass is 16.7. The largest absolute Gasteiger partial charge is 0.448 e. The molecular formula is C20H16O5. The van der Waals surface area contributed by atoms with Crippen molar-refractivity contribution < 1.29 is 24.5 Å². The van der Waals surface area contributed by atoms with Crippen LogP contribution in [0.2, 0.25) is 0 Å². The first-order valence-corrected chi connectivity index (χ1v) is 8.26. The Morgan fingerprint density at radius 1 is 0.920 bits per heavy atom. The molecule has 1 aliphatic heterocycles. The Hall–Kier alpha value is -2.63. The molecule has 2 aromatic rings. The number of aliphatic hydroxyl groups excluding tert-OH is 2. The summed E-state index contributed by atoms with van der Waals surface area (Å²) in [6.45, 7) is 0. The second-order valence-corrected chi connectivity index (χ2v) is 6.69. The highest BCUT2D eigenvalue weighted by Gasteiger charge is 2.57. The maximum absolute atomic E-state index is 12.3. The number of hydrogen-bond acceptors (Lipinski definition) is 5. The van der Waals surface area contributed by atoms with Gasteiger partial charge in [-0.1, -0.05) is 36.4 Å². The van der Waals surface area contributed by atoms with E-state index in [0.717, 1.165) is 10.8 Å². The van der Waals surface area contributed by atoms with Gasteiger partial charge in [-0.3, -0.25) is 4.79 Å². The third-order valence-electron chi connectivity index (χ3n) is 5.27. The van der Waals surface area contributed by atoms with Gasteiger partial charge in [0.1, 0.15) is 11.5 Å². The van der Waals surface area contributed by atoms with Crippen LogP contribution in [0, 0.1) is 11.8 Å². The fraction of sp³-hybridized carbons (Fsp3) is 0.250. The Bertz CT molecular complexity index is 904. The molecule has 126 valence electrons. The quantitative estimate of drug-likeness (QED) is 0.720. The van der Waals surface area contributed by atoms with Crippen molar-refractivity contribution in [3.05, 3.63) is 60.7 Å². The predicted molar refractivity (Wildman–Crippen MR) is 90.2 cm³/mol. The van der Waals surface area contributed by atoms with Crippen molar-refractivity contribution in [2.24, 2.45) is 11.8 Å². The van der Waals surface area contributed by atoms with Gasteiger partial charge in [-0.2, -0.15) is 0 Å². The standard InChI is InChI=1S/C20H16O5/c21-12-7-8-14(23)19-18(12)13(22)9-10-20(19)24-15-5-1-3-11-4-2-6-16(25-20)17(11)15/h1-10,13-14,18-19,22-23H/t13-,14+,18+,19-/m1/s1. The first-order valence-electron chi connectivity index (χ1n) is 8.26. The van der Waals surface area contributed by atoms with Gasteiger partial charge in [0.05, 0.1) is 29.4 Å². The fourth-order valence-corrected chi connectivity index (χ4v) is 4.16. The lowest BCUT2D eigenvalue weighted by Gasteiger charge is -2.48. The second kappa shape index (κ2) is 4.94. The van der Waals surface area contributed by atoms with Crippen LogP contribution in [0.15, 0.2) is 60.7 Å². The molecule has 0 fully saturated rings. The molecule has 5 rings (SSSR count). The number of carbonyl (C=O) groups excluding carboxylic acids is 1. The average Bonchev–Trinajstić information content (AvgIpc) is 2.61. The number of allylic oxidation sites excluding steroid dienone is 1. The average molecular weight is 336 g/mol. The third kappa shape index (κ3) is 1.94. The third-order valence-corrected chi connectivity index (χ3v) is 5.27. The summed E-state index contributed by atoms with van der Waals surface area (Å²) >= 11 is 0. The second-order valence-electron chi connectivity index (χ2n) is 6.69. The summed E-state index contributed by atoms with van der Waals surface area (Å²) in [7, 11) is 0. The van der Waals surface area contributed by atoms with E-state index in [9.17, 15) is 15.0 Å². The zero-order valence-electron chi connectivity index (χ0n) is 13.2. The maximum Gasteiger partial charge on any atom is 0.277 e. The number of carbonyl (C=O) groups is 1. The van der Waals surface area contributed by atoms with Crippen molar-refractivity contribution in [2.45, 2.75) is 18.0 Å². The SMILES string of the molecule is O=C1C=C[C@H](O)[C@@H]2[C@@H]1[C@H](O)C=CC21Oc2cccc3cccc(c23)O1. The van der Waals surface area contributed by atoms with Crippen LogP contribution in [0.3, 0.4) is 0 Å². The van der Waals surface area contributed by atoms with E-state index in [1.165, 1.54) is 18.2 Å². The molecule has 5 nitrogen and oxygen atoms in total. The lowest BCUT2D eigenvalue weighted by atomic mass is 9.69. The molecule has 5 heteroatoms. The van der Waals surface area contributed by atoms with E-state index >= 15 is 0 Å². The van der Waals surface area contributed by atoms with Crippen molar-refractivity contribution in [2.75, 3.05) is 0 Å². The van der Waals surface area contributed by atoms with Crippen LogP contribution < -0.4 is 9.47 Å². The Balaban J connectivity index is 1.70. The Kier molecular flexibility index (Phi) is 2.90. The van der Waals surface area contributed by atoms with E-state index in [4.69, 9.17) is 9.47 Å². The molecule has 0 saturated carbocycles. The normalized spacial score (nSPS) is 31.5. The van der Waals surface area contributed by atoms with Gasteiger partial charge in [-0.05, 0) is 29.7 Å². The van der Waals surface area contributed by atoms with Gasteiger partial charge in [-0.25, -0.2) is 0 Å². The van der Waals surface area contributed by atoms with Gasteiger partial charge < -0.3 is 19.7 Å². The van der Waals surface area contributed by atoms with Crippen molar-refractivity contribution in [3.63, 3.8) is 0 Å². The van der Waals surface area contributed by atoms with Gasteiger partial charge >= 0.3 is 0 Å². The zero-order valence-corrected chi connectivity index (χ0v) is 13.2. The topological polar surface area (TPSA) is 76.0 Å². The maximum atomic E-state index is 12.3. The first kappa shape index (κ1) is 14.7. The summed E-state index contributed by atoms with van der Waals surface area (Å²) < 4.78 is 12.4. The van der Waals surface area contributed by atoms with Gasteiger partial charge in [0.2, 0.25) is 0 Å². The number of aliphatic hydroxyl groups is 2. The van der Waals surface area contributed by atoms with Crippen LogP contribution in [0.4, 0.5) is 0 Å². The van der Waals surface area contributed by atoms with Gasteiger partial charge in [0.15, 0.2) is 5.78 Å². The molecule has 0 saturated heterocycles. The minimum Gasteiger partial charge on any atom is -0.448 e. The van der Waals surface area contributed by atoms with Crippen molar-refractivity contribution >= 4 is 16.6 Å². The predicted octanol–water partition coefficient (Wildman–Crippen LogP) is 1.97. The van der Waals surface area contributed by atoms with E-state index in [1.54, 1.807) is 6.08 Å². The van der Waals surface area contributed by atoms with Crippen LogP contribution in [0.1, 0.15) is 0 Å². The molecule has 0 bridgehead atoms. The number of rotatable bonds is 0. The number of benzene rings is 2. The molecular weight excluding hydrogens is 320 g/mol. The molecule has 2 aromatic carbocycles. The van der Waals surface area contributed by atoms with E-state index in [0.29, 0.717) is 11.5 Å². The van der Waals surface area contributed by atoms with Crippen LogP contribution >= 0.6 is 0 Å². The summed E-state index contributed by atoms with van der Waals surface area (Å²) in [4.78, 5) is 12.3. The van der Waals surface area contributed by atoms with E-state index in [-0.39, 0.29) is 5.78 Å². The van der Waals surface area contributed by atoms with Crippen molar-refractivity contribution in [1.82, 2.24) is 0 Å². The van der Waals surface area contributed by atoms with E-state index in [1.807, 2.05) is 36.4 Å². The van der Waals surface area contributed by atoms with Crippen molar-refractivity contribution in [1.29, 1.82) is 0 Å². The molecule has 0 radical (unpaired) electrons. The molecule has 0 unspecified atom stereocenters.